The molecule has 0 saturated carbocycles. The SMILES string of the molecule is Cc1c(OP(=O)([O-])[O-])cc(-c2ccc(C(C)(C)C)cc2C(C)(C)C)c(C)c1-c1ccc(C(C)(C)C)cc1C(C)(C)C. The van der Waals surface area contributed by atoms with Crippen molar-refractivity contribution in [2.45, 2.75) is 119 Å². The third kappa shape index (κ3) is 7.34. The fourth-order valence-electron chi connectivity index (χ4n) is 5.50. The summed E-state index contributed by atoms with van der Waals surface area (Å²) in [6.45, 7) is 30.3. The average molecular weight is 577 g/mol. The minimum absolute atomic E-state index is 0.0333. The highest BCUT2D eigenvalue weighted by atomic mass is 31.2. The van der Waals surface area contributed by atoms with Crippen LogP contribution in [0.3, 0.4) is 0 Å². The van der Waals surface area contributed by atoms with E-state index in [0.717, 1.165) is 38.9 Å². The molecule has 3 rings (SSSR count). The van der Waals surface area contributed by atoms with E-state index in [4.69, 9.17) is 4.52 Å². The summed E-state index contributed by atoms with van der Waals surface area (Å²) in [5, 5.41) is 0. The van der Waals surface area contributed by atoms with Gasteiger partial charge in [-0.15, -0.1) is 0 Å². The van der Waals surface area contributed by atoms with Crippen molar-refractivity contribution >= 4 is 7.82 Å². The number of hydrogen-bond donors (Lipinski definition) is 0. The van der Waals surface area contributed by atoms with Gasteiger partial charge in [-0.3, -0.25) is 0 Å². The van der Waals surface area contributed by atoms with Gasteiger partial charge >= 0.3 is 0 Å². The molecule has 0 aliphatic carbocycles. The lowest BCUT2D eigenvalue weighted by atomic mass is 9.74. The molecule has 224 valence electrons. The van der Waals surface area contributed by atoms with Gasteiger partial charge in [0.2, 0.25) is 0 Å². The third-order valence-electron chi connectivity index (χ3n) is 7.96. The number of benzene rings is 3. The van der Waals surface area contributed by atoms with Gasteiger partial charge in [-0.05, 0) is 97.2 Å². The van der Waals surface area contributed by atoms with Crippen LogP contribution in [0.1, 0.15) is 116 Å². The molecule has 0 N–H and O–H groups in total. The Hall–Kier alpha value is -2.39. The molecular weight excluding hydrogens is 527 g/mol. The largest absolute Gasteiger partial charge is 0.780 e. The molecule has 3 aromatic carbocycles. The molecule has 4 nitrogen and oxygen atoms in total. The van der Waals surface area contributed by atoms with Gasteiger partial charge in [0, 0.05) is 0 Å². The van der Waals surface area contributed by atoms with Crippen LogP contribution in [0.25, 0.3) is 22.3 Å². The Labute approximate surface area is 248 Å². The molecule has 41 heavy (non-hydrogen) atoms. The van der Waals surface area contributed by atoms with Gasteiger partial charge in [-0.25, -0.2) is 0 Å². The minimum Gasteiger partial charge on any atom is -0.780 e. The van der Waals surface area contributed by atoms with Gasteiger partial charge in [0.05, 0.1) is 0 Å². The van der Waals surface area contributed by atoms with Crippen molar-refractivity contribution in [1.29, 1.82) is 0 Å². The van der Waals surface area contributed by atoms with Crippen LogP contribution < -0.4 is 14.3 Å². The van der Waals surface area contributed by atoms with Crippen LogP contribution in [0, 0.1) is 13.8 Å². The summed E-state index contributed by atoms with van der Waals surface area (Å²) in [4.78, 5) is 23.9. The van der Waals surface area contributed by atoms with Gasteiger partial charge in [-0.1, -0.05) is 119 Å². The third-order valence-corrected chi connectivity index (χ3v) is 8.38. The van der Waals surface area contributed by atoms with Gasteiger partial charge in [-0.2, -0.15) is 0 Å². The van der Waals surface area contributed by atoms with E-state index in [0.29, 0.717) is 5.56 Å². The van der Waals surface area contributed by atoms with Crippen LogP contribution in [0.2, 0.25) is 0 Å². The number of rotatable bonds is 4. The summed E-state index contributed by atoms with van der Waals surface area (Å²) in [5.41, 5.74) is 9.75. The molecule has 0 bridgehead atoms. The van der Waals surface area contributed by atoms with E-state index in [1.54, 1.807) is 6.07 Å². The van der Waals surface area contributed by atoms with E-state index in [9.17, 15) is 14.4 Å². The van der Waals surface area contributed by atoms with E-state index in [1.165, 1.54) is 11.1 Å². The first-order valence-electron chi connectivity index (χ1n) is 14.5. The van der Waals surface area contributed by atoms with E-state index in [1.807, 2.05) is 6.92 Å². The zero-order valence-corrected chi connectivity index (χ0v) is 28.5. The van der Waals surface area contributed by atoms with Crippen molar-refractivity contribution in [1.82, 2.24) is 0 Å². The number of phosphoric acid groups is 1. The molecule has 0 spiro atoms. The van der Waals surface area contributed by atoms with E-state index < -0.39 is 7.82 Å². The summed E-state index contributed by atoms with van der Waals surface area (Å²) < 4.78 is 17.1. The van der Waals surface area contributed by atoms with Gasteiger partial charge in [0.1, 0.15) is 13.6 Å². The maximum absolute atomic E-state index is 11.9. The maximum Gasteiger partial charge on any atom is 0.128 e. The standard InChI is InChI=1S/C36H51O4P/c1-22-28(26-17-15-24(33(3,4)5)19-29(26)35(9,10)11)21-31(40-41(37,38)39)23(2)32(22)27-18-16-25(34(6,7)8)20-30(27)36(12,13)14/h15-21H,1-14H3,(H2,37,38,39)/p-2. The quantitative estimate of drug-likeness (QED) is 0.291. The molecule has 0 fully saturated rings. The average Bonchev–Trinajstić information content (AvgIpc) is 2.77. The second-order valence-electron chi connectivity index (χ2n) is 15.6. The lowest BCUT2D eigenvalue weighted by molar-refractivity contribution is -0.333. The molecule has 0 unspecified atom stereocenters. The van der Waals surface area contributed by atoms with Crippen molar-refractivity contribution in [2.24, 2.45) is 0 Å². The van der Waals surface area contributed by atoms with Crippen molar-refractivity contribution < 1.29 is 18.9 Å². The van der Waals surface area contributed by atoms with Gasteiger partial charge in [0.15, 0.2) is 0 Å². The van der Waals surface area contributed by atoms with E-state index >= 15 is 0 Å². The summed E-state index contributed by atoms with van der Waals surface area (Å²) in [7, 11) is -5.30. The van der Waals surface area contributed by atoms with Crippen LogP contribution in [-0.2, 0) is 26.2 Å². The highest BCUT2D eigenvalue weighted by Crippen LogP contribution is 2.48. The zero-order chi connectivity index (χ0) is 31.5. The predicted molar refractivity (Wildman–Crippen MR) is 170 cm³/mol. The topological polar surface area (TPSA) is 72.4 Å². The highest BCUT2D eigenvalue weighted by Gasteiger charge is 2.28. The first kappa shape index (κ1) is 33.1. The summed E-state index contributed by atoms with van der Waals surface area (Å²) >= 11 is 0. The van der Waals surface area contributed by atoms with E-state index in [-0.39, 0.29) is 27.4 Å². The first-order valence-corrected chi connectivity index (χ1v) is 15.9. The molecule has 3 aromatic rings. The van der Waals surface area contributed by atoms with Crippen molar-refractivity contribution in [2.75, 3.05) is 0 Å². The fourth-order valence-corrected chi connectivity index (χ4v) is 5.93. The Morgan fingerprint density at radius 2 is 0.976 bits per heavy atom. The summed E-state index contributed by atoms with van der Waals surface area (Å²) in [5.74, 6) is 0.0773. The first-order chi connectivity index (χ1) is 18.3. The van der Waals surface area contributed by atoms with Crippen LogP contribution in [0.15, 0.2) is 42.5 Å². The molecule has 0 aliphatic heterocycles. The molecular formula is C36H49O4P-2. The van der Waals surface area contributed by atoms with Crippen molar-refractivity contribution in [3.05, 3.63) is 75.8 Å². The fraction of sp³-hybridized carbons (Fsp3) is 0.500. The molecule has 0 atom stereocenters. The van der Waals surface area contributed by atoms with Crippen LogP contribution in [0.4, 0.5) is 0 Å². The Kier molecular flexibility index (Phi) is 8.65. The second-order valence-corrected chi connectivity index (χ2v) is 16.7. The Balaban J connectivity index is 2.53. The maximum atomic E-state index is 11.9. The number of phosphoric ester groups is 1. The minimum atomic E-state index is -5.30. The smallest absolute Gasteiger partial charge is 0.128 e. The monoisotopic (exact) mass is 576 g/mol. The molecule has 0 aliphatic rings. The molecule has 0 saturated heterocycles. The normalized spacial score (nSPS) is 13.5. The molecule has 0 amide bonds. The highest BCUT2D eigenvalue weighted by molar-refractivity contribution is 7.43. The molecule has 0 heterocycles. The summed E-state index contributed by atoms with van der Waals surface area (Å²) in [6, 6.07) is 14.8. The zero-order valence-electron chi connectivity index (χ0n) is 27.6. The Morgan fingerprint density at radius 3 is 1.37 bits per heavy atom. The van der Waals surface area contributed by atoms with Crippen molar-refractivity contribution in [3.8, 4) is 28.0 Å². The predicted octanol–water partition coefficient (Wildman–Crippen LogP) is 9.03. The lowest BCUT2D eigenvalue weighted by Gasteiger charge is -2.33. The second kappa shape index (κ2) is 10.7. The Morgan fingerprint density at radius 1 is 0.561 bits per heavy atom. The summed E-state index contributed by atoms with van der Waals surface area (Å²) in [6.07, 6.45) is 0. The van der Waals surface area contributed by atoms with Crippen LogP contribution in [-0.4, -0.2) is 0 Å². The molecule has 0 aromatic heterocycles. The van der Waals surface area contributed by atoms with Crippen LogP contribution >= 0.6 is 7.82 Å². The van der Waals surface area contributed by atoms with Gasteiger partial charge in [0.25, 0.3) is 0 Å². The van der Waals surface area contributed by atoms with Crippen molar-refractivity contribution in [3.63, 3.8) is 0 Å². The van der Waals surface area contributed by atoms with Gasteiger partial charge < -0.3 is 18.9 Å². The Bertz CT molecular complexity index is 1500. The lowest BCUT2D eigenvalue weighted by Crippen LogP contribution is -2.20. The number of hydrogen-bond acceptors (Lipinski definition) is 4. The van der Waals surface area contributed by atoms with Crippen LogP contribution in [0.5, 0.6) is 5.75 Å². The van der Waals surface area contributed by atoms with E-state index in [2.05, 4.69) is 126 Å². The molecule has 5 heteroatoms. The molecule has 0 radical (unpaired) electrons.